The number of hydrogen-bond donors (Lipinski definition) is 1. The highest BCUT2D eigenvalue weighted by Gasteiger charge is 2.17. The van der Waals surface area contributed by atoms with Crippen LogP contribution in [-0.2, 0) is 4.79 Å². The van der Waals surface area contributed by atoms with Crippen molar-refractivity contribution in [3.63, 3.8) is 0 Å². The van der Waals surface area contributed by atoms with Gasteiger partial charge in [-0.1, -0.05) is 36.0 Å². The molecule has 2 aromatic carbocycles. The van der Waals surface area contributed by atoms with Crippen LogP contribution in [0.2, 0.25) is 0 Å². The van der Waals surface area contributed by atoms with Gasteiger partial charge in [0.2, 0.25) is 5.91 Å². The number of anilines is 1. The summed E-state index contributed by atoms with van der Waals surface area (Å²) in [6.45, 7) is 7.82. The second-order valence-corrected chi connectivity index (χ2v) is 7.55. The Morgan fingerprint density at radius 1 is 1.04 bits per heavy atom. The number of aryl methyl sites for hydroxylation is 3. The van der Waals surface area contributed by atoms with Gasteiger partial charge < -0.3 is 5.32 Å². The van der Waals surface area contributed by atoms with Crippen LogP contribution in [0.5, 0.6) is 0 Å². The molecule has 0 bridgehead atoms. The SMILES string of the molecule is Cc1cc(C)cc(NC(=O)C(C)Sc2nc(C)nc3ccccc23)c1. The van der Waals surface area contributed by atoms with Gasteiger partial charge in [-0.3, -0.25) is 4.79 Å². The maximum Gasteiger partial charge on any atom is 0.237 e. The van der Waals surface area contributed by atoms with E-state index < -0.39 is 0 Å². The first kappa shape index (κ1) is 17.4. The first-order chi connectivity index (χ1) is 11.9. The number of amides is 1. The Bertz CT molecular complexity index is 919. The molecule has 1 unspecified atom stereocenters. The molecule has 0 aliphatic rings. The molecule has 1 atom stereocenters. The average Bonchev–Trinajstić information content (AvgIpc) is 2.53. The van der Waals surface area contributed by atoms with Crippen molar-refractivity contribution in [3.05, 3.63) is 59.4 Å². The fourth-order valence-corrected chi connectivity index (χ4v) is 3.75. The molecule has 1 amide bonds. The van der Waals surface area contributed by atoms with Gasteiger partial charge in [-0.2, -0.15) is 0 Å². The summed E-state index contributed by atoms with van der Waals surface area (Å²) < 4.78 is 0. The third-order valence-corrected chi connectivity index (χ3v) is 4.93. The summed E-state index contributed by atoms with van der Waals surface area (Å²) in [7, 11) is 0. The van der Waals surface area contributed by atoms with E-state index in [-0.39, 0.29) is 11.2 Å². The Morgan fingerprint density at radius 3 is 2.44 bits per heavy atom. The van der Waals surface area contributed by atoms with Gasteiger partial charge in [0.25, 0.3) is 0 Å². The van der Waals surface area contributed by atoms with E-state index in [4.69, 9.17) is 0 Å². The molecule has 3 aromatic rings. The van der Waals surface area contributed by atoms with E-state index in [1.165, 1.54) is 11.8 Å². The number of fused-ring (bicyclic) bond motifs is 1. The number of nitrogens with zero attached hydrogens (tertiary/aromatic N) is 2. The van der Waals surface area contributed by atoms with Gasteiger partial charge in [0.15, 0.2) is 0 Å². The van der Waals surface area contributed by atoms with Crippen LogP contribution < -0.4 is 5.32 Å². The molecule has 128 valence electrons. The predicted octanol–water partition coefficient (Wildman–Crippen LogP) is 4.67. The Labute approximate surface area is 152 Å². The van der Waals surface area contributed by atoms with Gasteiger partial charge in [0.05, 0.1) is 10.8 Å². The van der Waals surface area contributed by atoms with Crippen molar-refractivity contribution in [2.24, 2.45) is 0 Å². The van der Waals surface area contributed by atoms with Crippen molar-refractivity contribution < 1.29 is 4.79 Å². The van der Waals surface area contributed by atoms with E-state index in [1.807, 2.05) is 64.1 Å². The molecule has 0 spiro atoms. The van der Waals surface area contributed by atoms with Crippen molar-refractivity contribution in [1.82, 2.24) is 9.97 Å². The van der Waals surface area contributed by atoms with E-state index in [2.05, 4.69) is 21.4 Å². The Balaban J connectivity index is 1.80. The zero-order valence-electron chi connectivity index (χ0n) is 14.8. The molecular weight excluding hydrogens is 330 g/mol. The molecule has 0 radical (unpaired) electrons. The molecule has 1 N–H and O–H groups in total. The minimum atomic E-state index is -0.265. The third-order valence-electron chi connectivity index (χ3n) is 3.83. The lowest BCUT2D eigenvalue weighted by Gasteiger charge is -2.14. The van der Waals surface area contributed by atoms with Crippen molar-refractivity contribution in [1.29, 1.82) is 0 Å². The molecule has 0 aliphatic carbocycles. The second-order valence-electron chi connectivity index (χ2n) is 6.22. The highest BCUT2D eigenvalue weighted by Crippen LogP contribution is 2.29. The Hall–Kier alpha value is -2.40. The molecule has 3 rings (SSSR count). The van der Waals surface area contributed by atoms with Gasteiger partial charge in [-0.05, 0) is 57.0 Å². The van der Waals surface area contributed by atoms with Crippen LogP contribution in [0.1, 0.15) is 23.9 Å². The van der Waals surface area contributed by atoms with Gasteiger partial charge >= 0.3 is 0 Å². The number of nitrogens with one attached hydrogen (secondary N) is 1. The van der Waals surface area contributed by atoms with Gasteiger partial charge in [0.1, 0.15) is 10.9 Å². The zero-order chi connectivity index (χ0) is 18.0. The van der Waals surface area contributed by atoms with Crippen LogP contribution in [0.3, 0.4) is 0 Å². The molecule has 0 fully saturated rings. The van der Waals surface area contributed by atoms with Gasteiger partial charge in [-0.25, -0.2) is 9.97 Å². The number of carbonyl (C=O) groups is 1. The monoisotopic (exact) mass is 351 g/mol. The van der Waals surface area contributed by atoms with Crippen molar-refractivity contribution in [3.8, 4) is 0 Å². The van der Waals surface area contributed by atoms with Crippen LogP contribution >= 0.6 is 11.8 Å². The number of thioether (sulfide) groups is 1. The molecule has 0 aliphatic heterocycles. The van der Waals surface area contributed by atoms with Crippen LogP contribution in [0.25, 0.3) is 10.9 Å². The molecule has 0 saturated carbocycles. The normalized spacial score (nSPS) is 12.2. The summed E-state index contributed by atoms with van der Waals surface area (Å²) in [6.07, 6.45) is 0. The van der Waals surface area contributed by atoms with Crippen molar-refractivity contribution >= 4 is 34.3 Å². The molecule has 1 heterocycles. The number of para-hydroxylation sites is 1. The highest BCUT2D eigenvalue weighted by atomic mass is 32.2. The second kappa shape index (κ2) is 7.23. The highest BCUT2D eigenvalue weighted by molar-refractivity contribution is 8.00. The molecule has 25 heavy (non-hydrogen) atoms. The van der Waals surface area contributed by atoms with Crippen molar-refractivity contribution in [2.45, 2.75) is 38.0 Å². The molecule has 4 nitrogen and oxygen atoms in total. The number of benzene rings is 2. The quantitative estimate of drug-likeness (QED) is 0.548. The van der Waals surface area contributed by atoms with Crippen LogP contribution in [0.15, 0.2) is 47.5 Å². The third kappa shape index (κ3) is 4.17. The number of hydrogen-bond acceptors (Lipinski definition) is 4. The first-order valence-corrected chi connectivity index (χ1v) is 9.09. The summed E-state index contributed by atoms with van der Waals surface area (Å²) >= 11 is 1.46. The van der Waals surface area contributed by atoms with E-state index in [0.29, 0.717) is 5.82 Å². The van der Waals surface area contributed by atoms with Gasteiger partial charge in [-0.15, -0.1) is 0 Å². The standard InChI is InChI=1S/C20H21N3OS/c1-12-9-13(2)11-16(10-12)23-19(24)14(3)25-20-17-7-5-6-8-18(17)21-15(4)22-20/h5-11,14H,1-4H3,(H,23,24). The number of aromatic nitrogens is 2. The fraction of sp³-hybridized carbons (Fsp3) is 0.250. The minimum absolute atomic E-state index is 0.0321. The van der Waals surface area contributed by atoms with Crippen LogP contribution in [-0.4, -0.2) is 21.1 Å². The van der Waals surface area contributed by atoms with Crippen molar-refractivity contribution in [2.75, 3.05) is 5.32 Å². The Morgan fingerprint density at radius 2 is 1.72 bits per heavy atom. The number of rotatable bonds is 4. The van der Waals surface area contributed by atoms with E-state index in [1.54, 1.807) is 0 Å². The summed E-state index contributed by atoms with van der Waals surface area (Å²) in [5, 5.41) is 4.55. The summed E-state index contributed by atoms with van der Waals surface area (Å²) in [4.78, 5) is 21.6. The largest absolute Gasteiger partial charge is 0.325 e. The topological polar surface area (TPSA) is 54.9 Å². The lowest BCUT2D eigenvalue weighted by atomic mass is 10.1. The molecule has 0 saturated heterocycles. The molecule has 5 heteroatoms. The van der Waals surface area contributed by atoms with Crippen LogP contribution in [0, 0.1) is 20.8 Å². The van der Waals surface area contributed by atoms with Crippen LogP contribution in [0.4, 0.5) is 5.69 Å². The smallest absolute Gasteiger partial charge is 0.237 e. The lowest BCUT2D eigenvalue weighted by molar-refractivity contribution is -0.115. The van der Waals surface area contributed by atoms with E-state index >= 15 is 0 Å². The maximum atomic E-state index is 12.6. The lowest BCUT2D eigenvalue weighted by Crippen LogP contribution is -2.22. The molecular formula is C20H21N3OS. The summed E-state index contributed by atoms with van der Waals surface area (Å²) in [6, 6.07) is 13.9. The first-order valence-electron chi connectivity index (χ1n) is 8.21. The predicted molar refractivity (Wildman–Crippen MR) is 104 cm³/mol. The summed E-state index contributed by atoms with van der Waals surface area (Å²) in [5.74, 6) is 0.679. The number of carbonyl (C=O) groups excluding carboxylic acids is 1. The van der Waals surface area contributed by atoms with E-state index in [9.17, 15) is 4.79 Å². The van der Waals surface area contributed by atoms with E-state index in [0.717, 1.165) is 32.7 Å². The summed E-state index contributed by atoms with van der Waals surface area (Å²) in [5.41, 5.74) is 4.00. The minimum Gasteiger partial charge on any atom is -0.325 e. The maximum absolute atomic E-state index is 12.6. The zero-order valence-corrected chi connectivity index (χ0v) is 15.6. The van der Waals surface area contributed by atoms with Gasteiger partial charge in [0, 0.05) is 11.1 Å². The molecule has 1 aromatic heterocycles. The average molecular weight is 351 g/mol. The Kier molecular flexibility index (Phi) is 5.04. The fourth-order valence-electron chi connectivity index (χ4n) is 2.76.